The number of ether oxygens (including phenoxy) is 1. The van der Waals surface area contributed by atoms with Gasteiger partial charge >= 0.3 is 12.1 Å². The van der Waals surface area contributed by atoms with E-state index in [9.17, 15) is 29.1 Å². The zero-order valence-electron chi connectivity index (χ0n) is 20.4. The molecule has 14 nitrogen and oxygen atoms in total. The van der Waals surface area contributed by atoms with Crippen molar-refractivity contribution in [1.82, 2.24) is 20.5 Å². The van der Waals surface area contributed by atoms with E-state index in [1.165, 1.54) is 17.1 Å². The Bertz CT molecular complexity index is 1160. The maximum atomic E-state index is 13.1. The van der Waals surface area contributed by atoms with Gasteiger partial charge in [0.2, 0.25) is 6.41 Å². The first kappa shape index (κ1) is 27.9. The van der Waals surface area contributed by atoms with E-state index in [0.29, 0.717) is 17.7 Å². The van der Waals surface area contributed by atoms with Gasteiger partial charge in [-0.15, -0.1) is 23.1 Å². The molecule has 0 aliphatic carbocycles. The average molecular weight is 555 g/mol. The SMILES string of the molecule is CC1=C(C(=O)O)N2C(=O)C(NC(=O)/C(=N/OCCNC(=O)OC(C)(C)C)c3csc(NC=O)n3)[C@H]2SC1. The summed E-state index contributed by atoms with van der Waals surface area (Å²) in [6.07, 6.45) is -0.222. The van der Waals surface area contributed by atoms with Crippen LogP contribution in [0.25, 0.3) is 0 Å². The molecule has 4 N–H and O–H groups in total. The number of carbonyl (C=O) groups is 5. The van der Waals surface area contributed by atoms with Crippen LogP contribution < -0.4 is 16.0 Å². The van der Waals surface area contributed by atoms with Crippen molar-refractivity contribution in [1.29, 1.82) is 0 Å². The van der Waals surface area contributed by atoms with Gasteiger partial charge in [-0.2, -0.15) is 0 Å². The maximum Gasteiger partial charge on any atom is 0.407 e. The number of aliphatic carboxylic acids is 1. The topological polar surface area (TPSA) is 189 Å². The highest BCUT2D eigenvalue weighted by Gasteiger charge is 2.54. The van der Waals surface area contributed by atoms with E-state index in [-0.39, 0.29) is 35.4 Å². The Morgan fingerprint density at radius 2 is 2.08 bits per heavy atom. The zero-order chi connectivity index (χ0) is 27.3. The van der Waals surface area contributed by atoms with Crippen LogP contribution in [0.3, 0.4) is 0 Å². The molecule has 0 saturated carbocycles. The van der Waals surface area contributed by atoms with Gasteiger partial charge in [0.05, 0.1) is 6.54 Å². The Morgan fingerprint density at radius 3 is 2.73 bits per heavy atom. The number of β-lactam (4-membered cyclic amide) rings is 1. The first-order chi connectivity index (χ1) is 17.4. The van der Waals surface area contributed by atoms with Gasteiger partial charge in [-0.25, -0.2) is 14.6 Å². The van der Waals surface area contributed by atoms with E-state index in [2.05, 4.69) is 26.1 Å². The second-order valence-electron chi connectivity index (χ2n) is 8.80. The number of anilines is 1. The minimum atomic E-state index is -1.21. The van der Waals surface area contributed by atoms with E-state index < -0.39 is 40.9 Å². The first-order valence-electron chi connectivity index (χ1n) is 10.9. The molecule has 1 aromatic rings. The van der Waals surface area contributed by atoms with Crippen LogP contribution in [-0.2, 0) is 28.8 Å². The molecule has 2 aliphatic heterocycles. The molecule has 16 heteroatoms. The first-order valence-corrected chi connectivity index (χ1v) is 12.9. The minimum absolute atomic E-state index is 0.0285. The maximum absolute atomic E-state index is 13.1. The van der Waals surface area contributed by atoms with E-state index >= 15 is 0 Å². The van der Waals surface area contributed by atoms with Crippen LogP contribution >= 0.6 is 23.1 Å². The molecule has 0 spiro atoms. The average Bonchev–Trinajstić information content (AvgIpc) is 3.26. The molecule has 2 atom stereocenters. The number of hydrogen-bond donors (Lipinski definition) is 4. The number of hydrogen-bond acceptors (Lipinski definition) is 11. The molecule has 1 aromatic heterocycles. The van der Waals surface area contributed by atoms with E-state index in [4.69, 9.17) is 9.57 Å². The number of carboxylic acid groups (broad SMARTS) is 1. The van der Waals surface area contributed by atoms with Crippen molar-refractivity contribution >= 4 is 64.2 Å². The number of fused-ring (bicyclic) bond motifs is 1. The fourth-order valence-corrected chi connectivity index (χ4v) is 5.26. The highest BCUT2D eigenvalue weighted by Crippen LogP contribution is 2.40. The normalized spacial score (nSPS) is 19.4. The van der Waals surface area contributed by atoms with Crippen LogP contribution in [0.2, 0.25) is 0 Å². The molecule has 37 heavy (non-hydrogen) atoms. The van der Waals surface area contributed by atoms with Gasteiger partial charge in [0.15, 0.2) is 10.8 Å². The smallest absolute Gasteiger partial charge is 0.407 e. The largest absolute Gasteiger partial charge is 0.477 e. The summed E-state index contributed by atoms with van der Waals surface area (Å²) in [6.45, 7) is 6.72. The lowest BCUT2D eigenvalue weighted by atomic mass is 10.0. The van der Waals surface area contributed by atoms with Crippen molar-refractivity contribution in [3.8, 4) is 0 Å². The lowest BCUT2D eigenvalue weighted by molar-refractivity contribution is -0.150. The molecular weight excluding hydrogens is 528 g/mol. The van der Waals surface area contributed by atoms with Crippen molar-refractivity contribution in [2.24, 2.45) is 5.16 Å². The fraction of sp³-hybridized carbons (Fsp3) is 0.476. The van der Waals surface area contributed by atoms with Crippen molar-refractivity contribution in [3.05, 3.63) is 22.3 Å². The lowest BCUT2D eigenvalue weighted by Crippen LogP contribution is -2.71. The van der Waals surface area contributed by atoms with Crippen LogP contribution in [0.5, 0.6) is 0 Å². The van der Waals surface area contributed by atoms with E-state index in [0.717, 1.165) is 16.2 Å². The highest BCUT2D eigenvalue weighted by molar-refractivity contribution is 8.00. The van der Waals surface area contributed by atoms with Crippen LogP contribution in [0, 0.1) is 0 Å². The van der Waals surface area contributed by atoms with Crippen LogP contribution in [0.4, 0.5) is 9.93 Å². The second-order valence-corrected chi connectivity index (χ2v) is 10.8. The Labute approximate surface area is 219 Å². The van der Waals surface area contributed by atoms with Crippen LogP contribution in [0.15, 0.2) is 21.8 Å². The lowest BCUT2D eigenvalue weighted by Gasteiger charge is -2.49. The number of carboxylic acids is 1. The molecule has 0 aromatic carbocycles. The molecule has 200 valence electrons. The summed E-state index contributed by atoms with van der Waals surface area (Å²) < 4.78 is 5.12. The monoisotopic (exact) mass is 554 g/mol. The summed E-state index contributed by atoms with van der Waals surface area (Å²) in [4.78, 5) is 70.3. The fourth-order valence-electron chi connectivity index (χ4n) is 3.31. The number of thioether (sulfide) groups is 1. The van der Waals surface area contributed by atoms with Gasteiger partial charge in [0, 0.05) is 11.1 Å². The molecular formula is C21H26N6O8S2. The summed E-state index contributed by atoms with van der Waals surface area (Å²) in [5.74, 6) is -2.17. The predicted octanol–water partition coefficient (Wildman–Crippen LogP) is 0.715. The van der Waals surface area contributed by atoms with Gasteiger partial charge < -0.3 is 30.6 Å². The standard InChI is InChI=1S/C21H26N6O8S2/c1-10-7-36-17-13(16(30)27(17)14(10)18(31)32)25-15(29)12(11-8-37-19(24-11)23-9-28)26-34-6-5-22-20(33)35-21(2,3)4/h8-9,13,17H,5-7H2,1-4H3,(H,22,33)(H,25,29)(H,31,32)(H,23,24,28)/b26-12+/t13?,17-/m1/s1. The van der Waals surface area contributed by atoms with Gasteiger partial charge in [0.1, 0.15) is 35.0 Å². The number of rotatable bonds is 10. The van der Waals surface area contributed by atoms with E-state index in [1.807, 2.05) is 0 Å². The number of oxime groups is 1. The molecule has 0 bridgehead atoms. The second kappa shape index (κ2) is 11.6. The quantitative estimate of drug-likeness (QED) is 0.105. The molecule has 2 aliphatic rings. The Balaban J connectivity index is 1.69. The molecule has 1 fully saturated rings. The van der Waals surface area contributed by atoms with Crippen molar-refractivity contribution < 1.29 is 38.7 Å². The predicted molar refractivity (Wildman–Crippen MR) is 134 cm³/mol. The molecule has 4 amide bonds. The molecule has 1 saturated heterocycles. The third kappa shape index (κ3) is 6.76. The third-order valence-corrected chi connectivity index (χ3v) is 7.01. The number of aromatic nitrogens is 1. The number of carbonyl (C=O) groups excluding carboxylic acids is 4. The summed E-state index contributed by atoms with van der Waals surface area (Å²) in [7, 11) is 0. The summed E-state index contributed by atoms with van der Waals surface area (Å²) in [5, 5.41) is 21.8. The van der Waals surface area contributed by atoms with Gasteiger partial charge in [-0.1, -0.05) is 5.16 Å². The van der Waals surface area contributed by atoms with Gasteiger partial charge in [-0.05, 0) is 33.3 Å². The summed E-state index contributed by atoms with van der Waals surface area (Å²) in [6, 6.07) is -0.981. The van der Waals surface area contributed by atoms with Gasteiger partial charge in [0.25, 0.3) is 11.8 Å². The molecule has 0 radical (unpaired) electrons. The number of nitrogens with zero attached hydrogens (tertiary/aromatic N) is 3. The van der Waals surface area contributed by atoms with Crippen molar-refractivity contribution in [2.45, 2.75) is 44.7 Å². The van der Waals surface area contributed by atoms with Crippen molar-refractivity contribution in [3.63, 3.8) is 0 Å². The Kier molecular flexibility index (Phi) is 8.75. The summed E-state index contributed by atoms with van der Waals surface area (Å²) in [5.41, 5.74) is -0.395. The number of thiazole rings is 1. The number of nitrogens with one attached hydrogen (secondary N) is 3. The van der Waals surface area contributed by atoms with Crippen LogP contribution in [0.1, 0.15) is 33.4 Å². The van der Waals surface area contributed by atoms with Crippen LogP contribution in [-0.4, -0.2) is 86.9 Å². The Hall–Kier alpha value is -3.66. The minimum Gasteiger partial charge on any atom is -0.477 e. The van der Waals surface area contributed by atoms with Gasteiger partial charge in [-0.3, -0.25) is 19.3 Å². The zero-order valence-corrected chi connectivity index (χ0v) is 22.0. The number of alkyl carbamates (subject to hydrolysis) is 1. The Morgan fingerprint density at radius 1 is 1.35 bits per heavy atom. The molecule has 3 heterocycles. The highest BCUT2D eigenvalue weighted by atomic mass is 32.2. The summed E-state index contributed by atoms with van der Waals surface area (Å²) >= 11 is 2.37. The molecule has 3 rings (SSSR count). The van der Waals surface area contributed by atoms with E-state index in [1.54, 1.807) is 27.7 Å². The van der Waals surface area contributed by atoms with Crippen molar-refractivity contribution in [2.75, 3.05) is 24.2 Å². The number of amides is 4. The molecule has 1 unspecified atom stereocenters. The third-order valence-electron chi connectivity index (χ3n) is 4.81.